The molecule has 3 N–H and O–H groups in total. The van der Waals surface area contributed by atoms with Crippen molar-refractivity contribution in [1.29, 1.82) is 0 Å². The number of methoxy groups -OCH3 is 1. The van der Waals surface area contributed by atoms with Crippen molar-refractivity contribution in [3.05, 3.63) is 102 Å². The van der Waals surface area contributed by atoms with Crippen molar-refractivity contribution < 1.29 is 29.2 Å². The lowest BCUT2D eigenvalue weighted by Gasteiger charge is -2.35. The Morgan fingerprint density at radius 1 is 1.02 bits per heavy atom. The van der Waals surface area contributed by atoms with Crippen LogP contribution in [0.4, 0.5) is 0 Å². The molecule has 3 aromatic carbocycles. The highest BCUT2D eigenvalue weighted by Gasteiger charge is 2.53. The summed E-state index contributed by atoms with van der Waals surface area (Å²) in [5.74, 6) is 1.36. The summed E-state index contributed by atoms with van der Waals surface area (Å²) in [5.41, 5.74) is 0.191. The summed E-state index contributed by atoms with van der Waals surface area (Å²) in [6.45, 7) is 0.634. The molecule has 1 heterocycles. The van der Waals surface area contributed by atoms with Gasteiger partial charge < -0.3 is 29.7 Å². The molecular formula is C36H42N2O6. The molecule has 5 rings (SSSR count). The van der Waals surface area contributed by atoms with Crippen LogP contribution in [0.1, 0.15) is 67.7 Å². The highest BCUT2D eigenvalue weighted by molar-refractivity contribution is 6.01. The first-order valence-electron chi connectivity index (χ1n) is 15.4. The lowest BCUT2D eigenvalue weighted by Crippen LogP contribution is -2.52. The van der Waals surface area contributed by atoms with Gasteiger partial charge in [-0.2, -0.15) is 0 Å². The van der Waals surface area contributed by atoms with Gasteiger partial charge in [0, 0.05) is 31.6 Å². The van der Waals surface area contributed by atoms with E-state index in [1.807, 2.05) is 91.0 Å². The summed E-state index contributed by atoms with van der Waals surface area (Å²) in [4.78, 5) is 19.5. The largest absolute Gasteiger partial charge is 0.497 e. The van der Waals surface area contributed by atoms with Gasteiger partial charge in [0.05, 0.1) is 19.3 Å². The number of hydrogen-bond acceptors (Lipinski definition) is 7. The molecule has 1 amide bonds. The number of aliphatic hydroxyl groups is 2. The zero-order chi connectivity index (χ0) is 30.8. The van der Waals surface area contributed by atoms with E-state index in [9.17, 15) is 9.90 Å². The molecule has 1 saturated carbocycles. The molecule has 8 nitrogen and oxygen atoms in total. The summed E-state index contributed by atoms with van der Waals surface area (Å²) in [5, 5.41) is 23.4. The van der Waals surface area contributed by atoms with Crippen molar-refractivity contribution in [3.8, 4) is 11.5 Å². The Morgan fingerprint density at radius 3 is 2.52 bits per heavy atom. The number of ether oxygens (including phenoxy) is 3. The van der Waals surface area contributed by atoms with E-state index in [-0.39, 0.29) is 25.5 Å². The highest BCUT2D eigenvalue weighted by atomic mass is 16.5. The maximum Gasteiger partial charge on any atom is 0.252 e. The number of carbonyl (C=O) groups excluding carboxylic acids is 1. The molecule has 0 saturated heterocycles. The Hall–Kier alpha value is -4.14. The number of amides is 1. The first-order chi connectivity index (χ1) is 21.4. The van der Waals surface area contributed by atoms with Gasteiger partial charge in [0.15, 0.2) is 11.6 Å². The van der Waals surface area contributed by atoms with Crippen LogP contribution < -0.4 is 14.8 Å². The van der Waals surface area contributed by atoms with Crippen molar-refractivity contribution in [2.75, 3.05) is 26.9 Å². The van der Waals surface area contributed by atoms with Gasteiger partial charge >= 0.3 is 0 Å². The minimum absolute atomic E-state index is 0.0641. The number of nitrogens with one attached hydrogen (secondary N) is 1. The average molecular weight is 599 g/mol. The van der Waals surface area contributed by atoms with E-state index in [1.165, 1.54) is 0 Å². The highest BCUT2D eigenvalue weighted by Crippen LogP contribution is 2.44. The van der Waals surface area contributed by atoms with Crippen molar-refractivity contribution in [2.45, 2.75) is 62.2 Å². The van der Waals surface area contributed by atoms with Crippen LogP contribution in [-0.4, -0.2) is 60.0 Å². The molecular weight excluding hydrogens is 556 g/mol. The van der Waals surface area contributed by atoms with Crippen LogP contribution >= 0.6 is 0 Å². The zero-order valence-electron chi connectivity index (χ0n) is 25.3. The normalized spacial score (nSPS) is 21.0. The number of aliphatic hydroxyl groups excluding tert-OH is 1. The second-order valence-corrected chi connectivity index (χ2v) is 11.6. The summed E-state index contributed by atoms with van der Waals surface area (Å²) in [6, 6.07) is 24.8. The zero-order valence-corrected chi connectivity index (χ0v) is 25.3. The van der Waals surface area contributed by atoms with Crippen LogP contribution in [0.3, 0.4) is 0 Å². The molecule has 0 bridgehead atoms. The fraction of sp³-hybridized carbons (Fsp3) is 0.389. The second-order valence-electron chi connectivity index (χ2n) is 11.6. The van der Waals surface area contributed by atoms with Gasteiger partial charge in [-0.25, -0.2) is 4.99 Å². The summed E-state index contributed by atoms with van der Waals surface area (Å²) >= 11 is 0. The first kappa shape index (κ1) is 31.3. The van der Waals surface area contributed by atoms with Gasteiger partial charge in [-0.1, -0.05) is 73.9 Å². The number of carbonyl (C=O) groups is 1. The lowest BCUT2D eigenvalue weighted by atomic mass is 9.82. The van der Waals surface area contributed by atoms with E-state index in [0.29, 0.717) is 48.8 Å². The molecule has 0 unspecified atom stereocenters. The number of nitrogens with zero attached hydrogens (tertiary/aromatic N) is 1. The number of benzene rings is 3. The van der Waals surface area contributed by atoms with Gasteiger partial charge in [-0.05, 0) is 60.4 Å². The number of hydrogen-bond donors (Lipinski definition) is 3. The Labute approximate surface area is 259 Å². The lowest BCUT2D eigenvalue weighted by molar-refractivity contribution is -0.130. The van der Waals surface area contributed by atoms with Crippen LogP contribution in [0.15, 0.2) is 89.9 Å². The van der Waals surface area contributed by atoms with Crippen LogP contribution in [0, 0.1) is 0 Å². The van der Waals surface area contributed by atoms with Gasteiger partial charge in [-0.15, -0.1) is 0 Å². The third kappa shape index (κ3) is 7.49. The molecule has 232 valence electrons. The number of rotatable bonds is 13. The summed E-state index contributed by atoms with van der Waals surface area (Å²) in [6.07, 6.45) is 8.29. The average Bonchev–Trinajstić information content (AvgIpc) is 3.46. The molecule has 1 aliphatic heterocycles. The van der Waals surface area contributed by atoms with E-state index >= 15 is 0 Å². The Morgan fingerprint density at radius 2 is 1.80 bits per heavy atom. The topological polar surface area (TPSA) is 110 Å². The first-order valence-corrected chi connectivity index (χ1v) is 15.4. The van der Waals surface area contributed by atoms with E-state index in [1.54, 1.807) is 7.11 Å². The third-order valence-electron chi connectivity index (χ3n) is 8.33. The molecule has 2 atom stereocenters. The quantitative estimate of drug-likeness (QED) is 0.220. The fourth-order valence-electron chi connectivity index (χ4n) is 5.84. The molecule has 2 aliphatic rings. The van der Waals surface area contributed by atoms with E-state index in [4.69, 9.17) is 24.3 Å². The van der Waals surface area contributed by atoms with E-state index in [0.717, 1.165) is 30.4 Å². The maximum atomic E-state index is 14.4. The molecule has 0 spiro atoms. The SMILES string of the molecule is COc1cccc([C@H]2OC(c3ccc(OCCCO)cc3)=N[C@@]2(C/C=C/c2ccccc2)C(=O)NCC2(O)CCCCC2)c1. The molecule has 44 heavy (non-hydrogen) atoms. The third-order valence-corrected chi connectivity index (χ3v) is 8.33. The predicted octanol–water partition coefficient (Wildman–Crippen LogP) is 5.63. The van der Waals surface area contributed by atoms with Gasteiger partial charge in [-0.3, -0.25) is 4.79 Å². The molecule has 0 radical (unpaired) electrons. The number of aliphatic imine (C=N–C) groups is 1. The Kier molecular flexibility index (Phi) is 10.4. The second kappa shape index (κ2) is 14.6. The minimum atomic E-state index is -1.35. The smallest absolute Gasteiger partial charge is 0.252 e. The monoisotopic (exact) mass is 598 g/mol. The molecule has 3 aromatic rings. The van der Waals surface area contributed by atoms with Crippen LogP contribution in [0.5, 0.6) is 11.5 Å². The Balaban J connectivity index is 1.52. The van der Waals surface area contributed by atoms with Crippen molar-refractivity contribution in [3.63, 3.8) is 0 Å². The summed E-state index contributed by atoms with van der Waals surface area (Å²) < 4.78 is 17.8. The van der Waals surface area contributed by atoms with Crippen LogP contribution in [0.25, 0.3) is 6.08 Å². The van der Waals surface area contributed by atoms with Gasteiger partial charge in [0.2, 0.25) is 5.90 Å². The van der Waals surface area contributed by atoms with Crippen molar-refractivity contribution >= 4 is 17.9 Å². The van der Waals surface area contributed by atoms with Crippen LogP contribution in [0.2, 0.25) is 0 Å². The minimum Gasteiger partial charge on any atom is -0.497 e. The predicted molar refractivity (Wildman–Crippen MR) is 171 cm³/mol. The van der Waals surface area contributed by atoms with Crippen molar-refractivity contribution in [2.24, 2.45) is 4.99 Å². The molecule has 1 fully saturated rings. The Bertz CT molecular complexity index is 1430. The van der Waals surface area contributed by atoms with E-state index in [2.05, 4.69) is 5.32 Å². The van der Waals surface area contributed by atoms with Gasteiger partial charge in [0.25, 0.3) is 5.91 Å². The fourth-order valence-corrected chi connectivity index (χ4v) is 5.84. The maximum absolute atomic E-state index is 14.4. The standard InChI is InChI=1S/C36H42N2O6/c1-42-31-15-8-14-29(25-31)32-36(22-9-13-27-11-4-2-5-12-27,34(40)37-26-35(41)20-6-3-7-21-35)38-33(44-32)28-16-18-30(19-17-28)43-24-10-23-39/h2,4-5,8-9,11-19,25,32,39,41H,3,6-7,10,20-24,26H2,1H3,(H,37,40)/b13-9+/t32-,36-/m1/s1. The molecule has 0 aromatic heterocycles. The van der Waals surface area contributed by atoms with Crippen molar-refractivity contribution in [1.82, 2.24) is 5.32 Å². The van der Waals surface area contributed by atoms with Gasteiger partial charge in [0.1, 0.15) is 11.5 Å². The molecule has 8 heteroatoms. The van der Waals surface area contributed by atoms with E-state index < -0.39 is 17.2 Å². The molecule has 1 aliphatic carbocycles. The van der Waals surface area contributed by atoms with Crippen LogP contribution in [-0.2, 0) is 9.53 Å². The summed E-state index contributed by atoms with van der Waals surface area (Å²) in [7, 11) is 1.61.